The number of carbonyl (C=O) groups excluding carboxylic acids is 1. The third-order valence-electron chi connectivity index (χ3n) is 4.64. The predicted molar refractivity (Wildman–Crippen MR) is 112 cm³/mol. The lowest BCUT2D eigenvalue weighted by atomic mass is 10.0. The Morgan fingerprint density at radius 3 is 2.37 bits per heavy atom. The molecule has 2 N–H and O–H groups in total. The normalized spacial score (nSPS) is 17.1. The van der Waals surface area contributed by atoms with E-state index in [9.17, 15) is 4.79 Å². The molecule has 1 saturated heterocycles. The Labute approximate surface area is 165 Å². The van der Waals surface area contributed by atoms with Gasteiger partial charge < -0.3 is 25.2 Å². The Morgan fingerprint density at radius 1 is 1.26 bits per heavy atom. The average Bonchev–Trinajstić information content (AvgIpc) is 2.58. The molecule has 0 unspecified atom stereocenters. The van der Waals surface area contributed by atoms with Gasteiger partial charge in [0.1, 0.15) is 5.60 Å². The molecule has 0 bridgehead atoms. The summed E-state index contributed by atoms with van der Waals surface area (Å²) in [5, 5.41) is 6.85. The lowest BCUT2D eigenvalue weighted by Gasteiger charge is -2.35. The summed E-state index contributed by atoms with van der Waals surface area (Å²) < 4.78 is 5.50. The molecule has 7 nitrogen and oxygen atoms in total. The SMILES string of the molecule is CCCN(CCNC(=NC)NC1CCN(C(C)C)CC1)C(=O)OC(C)(C)C. The fourth-order valence-corrected chi connectivity index (χ4v) is 3.15. The highest BCUT2D eigenvalue weighted by atomic mass is 16.6. The van der Waals surface area contributed by atoms with Crippen LogP contribution in [-0.4, -0.2) is 79.3 Å². The van der Waals surface area contributed by atoms with Crippen LogP contribution in [0.3, 0.4) is 0 Å². The lowest BCUT2D eigenvalue weighted by Crippen LogP contribution is -2.51. The molecule has 0 atom stereocenters. The molecule has 1 aliphatic heterocycles. The van der Waals surface area contributed by atoms with Crippen LogP contribution in [0, 0.1) is 0 Å². The van der Waals surface area contributed by atoms with Crippen LogP contribution in [0.4, 0.5) is 4.79 Å². The minimum Gasteiger partial charge on any atom is -0.444 e. The van der Waals surface area contributed by atoms with Gasteiger partial charge in [0.2, 0.25) is 0 Å². The second-order valence-electron chi connectivity index (χ2n) is 8.51. The Balaban J connectivity index is 2.41. The Bertz CT molecular complexity index is 465. The van der Waals surface area contributed by atoms with Crippen molar-refractivity contribution in [3.8, 4) is 0 Å². The van der Waals surface area contributed by atoms with Gasteiger partial charge >= 0.3 is 6.09 Å². The van der Waals surface area contributed by atoms with Crippen LogP contribution in [0.2, 0.25) is 0 Å². The first-order valence-electron chi connectivity index (χ1n) is 10.4. The van der Waals surface area contributed by atoms with Crippen molar-refractivity contribution in [1.82, 2.24) is 20.4 Å². The summed E-state index contributed by atoms with van der Waals surface area (Å²) in [5.74, 6) is 0.804. The number of hydrogen-bond donors (Lipinski definition) is 2. The largest absolute Gasteiger partial charge is 0.444 e. The van der Waals surface area contributed by atoms with Crippen molar-refractivity contribution < 1.29 is 9.53 Å². The molecule has 1 fully saturated rings. The zero-order valence-corrected chi connectivity index (χ0v) is 18.5. The third-order valence-corrected chi connectivity index (χ3v) is 4.64. The Morgan fingerprint density at radius 2 is 1.89 bits per heavy atom. The van der Waals surface area contributed by atoms with E-state index < -0.39 is 5.60 Å². The minimum atomic E-state index is -0.473. The topological polar surface area (TPSA) is 69.2 Å². The molecular weight excluding hydrogens is 342 g/mol. The van der Waals surface area contributed by atoms with E-state index in [0.29, 0.717) is 31.7 Å². The molecular formula is C20H41N5O2. The lowest BCUT2D eigenvalue weighted by molar-refractivity contribution is 0.0253. The number of nitrogens with zero attached hydrogens (tertiary/aromatic N) is 3. The maximum Gasteiger partial charge on any atom is 0.410 e. The zero-order valence-electron chi connectivity index (χ0n) is 18.5. The van der Waals surface area contributed by atoms with Gasteiger partial charge in [-0.15, -0.1) is 0 Å². The van der Waals surface area contributed by atoms with Gasteiger partial charge in [-0.3, -0.25) is 4.99 Å². The molecule has 0 spiro atoms. The van der Waals surface area contributed by atoms with Crippen molar-refractivity contribution in [2.45, 2.75) is 78.5 Å². The maximum absolute atomic E-state index is 12.3. The fraction of sp³-hybridized carbons (Fsp3) is 0.900. The predicted octanol–water partition coefficient (Wildman–Crippen LogP) is 2.67. The molecule has 0 aromatic carbocycles. The highest BCUT2D eigenvalue weighted by Gasteiger charge is 2.23. The summed E-state index contributed by atoms with van der Waals surface area (Å²) in [5.41, 5.74) is -0.473. The van der Waals surface area contributed by atoms with E-state index in [1.165, 1.54) is 0 Å². The molecule has 1 heterocycles. The number of aliphatic imine (C=N–C) groups is 1. The van der Waals surface area contributed by atoms with E-state index in [2.05, 4.69) is 41.3 Å². The van der Waals surface area contributed by atoms with Crippen molar-refractivity contribution in [2.75, 3.05) is 39.8 Å². The highest BCUT2D eigenvalue weighted by Crippen LogP contribution is 2.13. The van der Waals surface area contributed by atoms with Gasteiger partial charge in [0.25, 0.3) is 0 Å². The number of hydrogen-bond acceptors (Lipinski definition) is 4. The standard InChI is InChI=1S/C20H41N5O2/c1-8-12-25(19(26)27-20(4,5)6)15-11-22-18(21-7)23-17-9-13-24(14-10-17)16(2)3/h16-17H,8-15H2,1-7H3,(H2,21,22,23). The van der Waals surface area contributed by atoms with Gasteiger partial charge in [-0.1, -0.05) is 6.92 Å². The third kappa shape index (κ3) is 9.31. The molecule has 158 valence electrons. The smallest absolute Gasteiger partial charge is 0.410 e. The van der Waals surface area contributed by atoms with E-state index >= 15 is 0 Å². The number of piperidine rings is 1. The summed E-state index contributed by atoms with van der Waals surface area (Å²) in [7, 11) is 1.79. The monoisotopic (exact) mass is 383 g/mol. The first kappa shape index (κ1) is 23.5. The number of nitrogens with one attached hydrogen (secondary N) is 2. The van der Waals surface area contributed by atoms with Crippen molar-refractivity contribution in [3.63, 3.8) is 0 Å². The molecule has 1 amide bonds. The first-order valence-corrected chi connectivity index (χ1v) is 10.4. The Hall–Kier alpha value is -1.50. The first-order chi connectivity index (χ1) is 12.7. The molecule has 27 heavy (non-hydrogen) atoms. The van der Waals surface area contributed by atoms with E-state index in [1.54, 1.807) is 11.9 Å². The fourth-order valence-electron chi connectivity index (χ4n) is 3.15. The van der Waals surface area contributed by atoms with Crippen molar-refractivity contribution >= 4 is 12.1 Å². The molecule has 1 rings (SSSR count). The van der Waals surface area contributed by atoms with Crippen molar-refractivity contribution in [2.24, 2.45) is 4.99 Å². The Kier molecular flexibility index (Phi) is 9.91. The van der Waals surface area contributed by atoms with Crippen molar-refractivity contribution in [1.29, 1.82) is 0 Å². The number of carbonyl (C=O) groups is 1. The van der Waals surface area contributed by atoms with E-state index in [1.807, 2.05) is 20.8 Å². The van der Waals surface area contributed by atoms with Crippen LogP contribution in [0.25, 0.3) is 0 Å². The van der Waals surface area contributed by atoms with E-state index in [0.717, 1.165) is 38.3 Å². The van der Waals surface area contributed by atoms with Crippen LogP contribution >= 0.6 is 0 Å². The molecule has 7 heteroatoms. The van der Waals surface area contributed by atoms with Crippen LogP contribution in [0.5, 0.6) is 0 Å². The number of rotatable bonds is 7. The van der Waals surface area contributed by atoms with Gasteiger partial charge in [0.15, 0.2) is 5.96 Å². The van der Waals surface area contributed by atoms with E-state index in [4.69, 9.17) is 4.74 Å². The average molecular weight is 384 g/mol. The van der Waals surface area contributed by atoms with Crippen LogP contribution in [0.15, 0.2) is 4.99 Å². The van der Waals surface area contributed by atoms with Crippen LogP contribution in [-0.2, 0) is 4.74 Å². The molecule has 0 saturated carbocycles. The second-order valence-corrected chi connectivity index (χ2v) is 8.51. The zero-order chi connectivity index (χ0) is 20.4. The second kappa shape index (κ2) is 11.4. The number of likely N-dealkylation sites (tertiary alicyclic amines) is 1. The summed E-state index contributed by atoms with van der Waals surface area (Å²) in [6.45, 7) is 16.4. The molecule has 1 aliphatic rings. The highest BCUT2D eigenvalue weighted by molar-refractivity contribution is 5.80. The molecule has 0 aromatic heterocycles. The van der Waals surface area contributed by atoms with Gasteiger partial charge in [-0.05, 0) is 53.9 Å². The molecule has 0 aliphatic carbocycles. The van der Waals surface area contributed by atoms with Gasteiger partial charge in [-0.2, -0.15) is 0 Å². The number of ether oxygens (including phenoxy) is 1. The summed E-state index contributed by atoms with van der Waals surface area (Å²) in [6.07, 6.45) is 2.90. The van der Waals surface area contributed by atoms with E-state index in [-0.39, 0.29) is 6.09 Å². The molecule has 0 aromatic rings. The van der Waals surface area contributed by atoms with Crippen LogP contribution in [0.1, 0.15) is 60.8 Å². The quantitative estimate of drug-likeness (QED) is 0.522. The van der Waals surface area contributed by atoms with Gasteiger partial charge in [-0.25, -0.2) is 4.79 Å². The summed E-state index contributed by atoms with van der Waals surface area (Å²) >= 11 is 0. The number of guanidine groups is 1. The van der Waals surface area contributed by atoms with Gasteiger partial charge in [0, 0.05) is 51.9 Å². The summed E-state index contributed by atoms with van der Waals surface area (Å²) in [6, 6.07) is 1.06. The summed E-state index contributed by atoms with van der Waals surface area (Å²) in [4.78, 5) is 20.9. The number of amides is 1. The molecule has 0 radical (unpaired) electrons. The van der Waals surface area contributed by atoms with Crippen molar-refractivity contribution in [3.05, 3.63) is 0 Å². The van der Waals surface area contributed by atoms with Crippen LogP contribution < -0.4 is 10.6 Å². The maximum atomic E-state index is 12.3. The minimum absolute atomic E-state index is 0.254. The van der Waals surface area contributed by atoms with Gasteiger partial charge in [0.05, 0.1) is 0 Å².